The van der Waals surface area contributed by atoms with E-state index in [0.717, 1.165) is 22.6 Å². The van der Waals surface area contributed by atoms with Crippen molar-refractivity contribution in [3.63, 3.8) is 0 Å². The smallest absolute Gasteiger partial charge is 0.270 e. The van der Waals surface area contributed by atoms with E-state index in [-0.39, 0.29) is 5.91 Å². The zero-order valence-electron chi connectivity index (χ0n) is 15.0. The van der Waals surface area contributed by atoms with E-state index in [2.05, 4.69) is 20.4 Å². The monoisotopic (exact) mass is 357 g/mol. The Morgan fingerprint density at radius 1 is 1.07 bits per heavy atom. The molecular formula is C21H19N5O. The Morgan fingerprint density at radius 2 is 1.89 bits per heavy atom. The lowest BCUT2D eigenvalue weighted by molar-refractivity contribution is 0.0949. The summed E-state index contributed by atoms with van der Waals surface area (Å²) >= 11 is 0. The Hall–Kier alpha value is -3.54. The topological polar surface area (TPSA) is 72.2 Å². The minimum atomic E-state index is -0.195. The van der Waals surface area contributed by atoms with Crippen LogP contribution in [0, 0.1) is 6.92 Å². The van der Waals surface area contributed by atoms with Crippen molar-refractivity contribution in [1.29, 1.82) is 0 Å². The molecule has 4 rings (SSSR count). The summed E-state index contributed by atoms with van der Waals surface area (Å²) < 4.78 is 1.76. The Labute approximate surface area is 156 Å². The first kappa shape index (κ1) is 16.9. The number of nitrogens with one attached hydrogen (secondary N) is 1. The molecule has 0 bridgehead atoms. The van der Waals surface area contributed by atoms with Crippen molar-refractivity contribution in [2.45, 2.75) is 13.3 Å². The van der Waals surface area contributed by atoms with E-state index in [0.29, 0.717) is 24.3 Å². The number of amides is 1. The molecule has 0 spiro atoms. The van der Waals surface area contributed by atoms with Crippen molar-refractivity contribution in [3.8, 4) is 11.3 Å². The Morgan fingerprint density at radius 3 is 2.67 bits per heavy atom. The van der Waals surface area contributed by atoms with Gasteiger partial charge in [0, 0.05) is 42.2 Å². The molecule has 4 aromatic rings. The summed E-state index contributed by atoms with van der Waals surface area (Å²) in [6.45, 7) is 2.43. The van der Waals surface area contributed by atoms with E-state index >= 15 is 0 Å². The number of pyridine rings is 1. The molecule has 27 heavy (non-hydrogen) atoms. The number of nitrogens with zero attached hydrogens (tertiary/aromatic N) is 4. The Kier molecular flexibility index (Phi) is 4.61. The fraction of sp³-hybridized carbons (Fsp3) is 0.143. The molecule has 0 aliphatic rings. The number of aryl methyl sites for hydroxylation is 1. The van der Waals surface area contributed by atoms with E-state index in [1.54, 1.807) is 16.8 Å². The molecule has 0 radical (unpaired) electrons. The fourth-order valence-corrected chi connectivity index (χ4v) is 2.93. The van der Waals surface area contributed by atoms with Crippen LogP contribution in [0.3, 0.4) is 0 Å². The molecule has 0 saturated carbocycles. The second kappa shape index (κ2) is 7.37. The van der Waals surface area contributed by atoms with Gasteiger partial charge in [0.15, 0.2) is 5.65 Å². The lowest BCUT2D eigenvalue weighted by atomic mass is 10.2. The van der Waals surface area contributed by atoms with E-state index in [9.17, 15) is 4.79 Å². The highest BCUT2D eigenvalue weighted by atomic mass is 16.1. The molecule has 6 heteroatoms. The maximum Gasteiger partial charge on any atom is 0.270 e. The third-order valence-corrected chi connectivity index (χ3v) is 4.30. The van der Waals surface area contributed by atoms with E-state index < -0.39 is 0 Å². The predicted molar refractivity (Wildman–Crippen MR) is 103 cm³/mol. The normalized spacial score (nSPS) is 10.9. The highest BCUT2D eigenvalue weighted by Gasteiger charge is 2.13. The van der Waals surface area contributed by atoms with Crippen molar-refractivity contribution in [2.24, 2.45) is 0 Å². The molecule has 3 heterocycles. The van der Waals surface area contributed by atoms with Gasteiger partial charge in [-0.25, -0.2) is 9.50 Å². The SMILES string of the molecule is Cc1cc(C(=O)NCCc2ccccn2)nc2cc(-c3ccccc3)nn12. The van der Waals surface area contributed by atoms with Crippen LogP contribution in [0.15, 0.2) is 66.9 Å². The van der Waals surface area contributed by atoms with Crippen LogP contribution in [-0.4, -0.2) is 32.0 Å². The van der Waals surface area contributed by atoms with Gasteiger partial charge in [-0.3, -0.25) is 9.78 Å². The molecule has 0 atom stereocenters. The van der Waals surface area contributed by atoms with Crippen LogP contribution in [0.2, 0.25) is 0 Å². The Bertz CT molecular complexity index is 1070. The van der Waals surface area contributed by atoms with Crippen LogP contribution >= 0.6 is 0 Å². The molecular weight excluding hydrogens is 338 g/mol. The largest absolute Gasteiger partial charge is 0.350 e. The molecule has 134 valence electrons. The third kappa shape index (κ3) is 3.69. The number of hydrogen-bond acceptors (Lipinski definition) is 4. The van der Waals surface area contributed by atoms with Gasteiger partial charge in [0.2, 0.25) is 0 Å². The van der Waals surface area contributed by atoms with Crippen LogP contribution in [0.1, 0.15) is 21.9 Å². The minimum absolute atomic E-state index is 0.195. The number of carbonyl (C=O) groups excluding carboxylic acids is 1. The zero-order chi connectivity index (χ0) is 18.6. The molecule has 0 saturated heterocycles. The summed E-state index contributed by atoms with van der Waals surface area (Å²) in [5, 5.41) is 7.51. The fourth-order valence-electron chi connectivity index (χ4n) is 2.93. The van der Waals surface area contributed by atoms with Gasteiger partial charge in [0.05, 0.1) is 5.69 Å². The molecule has 0 fully saturated rings. The van der Waals surface area contributed by atoms with E-state index in [1.807, 2.05) is 61.5 Å². The molecule has 0 aliphatic heterocycles. The van der Waals surface area contributed by atoms with Gasteiger partial charge in [-0.15, -0.1) is 0 Å². The number of fused-ring (bicyclic) bond motifs is 1. The molecule has 1 N–H and O–H groups in total. The van der Waals surface area contributed by atoms with Gasteiger partial charge in [-0.2, -0.15) is 5.10 Å². The zero-order valence-corrected chi connectivity index (χ0v) is 15.0. The second-order valence-electron chi connectivity index (χ2n) is 6.28. The van der Waals surface area contributed by atoms with Gasteiger partial charge < -0.3 is 5.32 Å². The first-order chi connectivity index (χ1) is 13.2. The number of hydrogen-bond donors (Lipinski definition) is 1. The maximum atomic E-state index is 12.5. The van der Waals surface area contributed by atoms with Crippen molar-refractivity contribution < 1.29 is 4.79 Å². The standard InChI is InChI=1S/C21H19N5O/c1-15-13-19(21(27)23-12-10-17-9-5-6-11-22-17)24-20-14-18(25-26(15)20)16-7-3-2-4-8-16/h2-9,11,13-14H,10,12H2,1H3,(H,23,27). The van der Waals surface area contributed by atoms with Gasteiger partial charge in [0.25, 0.3) is 5.91 Å². The summed E-state index contributed by atoms with van der Waals surface area (Å²) in [7, 11) is 0. The van der Waals surface area contributed by atoms with E-state index in [4.69, 9.17) is 0 Å². The lowest BCUT2D eigenvalue weighted by Crippen LogP contribution is -2.27. The lowest BCUT2D eigenvalue weighted by Gasteiger charge is -2.06. The molecule has 6 nitrogen and oxygen atoms in total. The number of carbonyl (C=O) groups is 1. The van der Waals surface area contributed by atoms with Crippen LogP contribution in [0.25, 0.3) is 16.9 Å². The van der Waals surface area contributed by atoms with E-state index in [1.165, 1.54) is 0 Å². The van der Waals surface area contributed by atoms with Gasteiger partial charge in [-0.05, 0) is 25.1 Å². The van der Waals surface area contributed by atoms with Crippen LogP contribution in [0.4, 0.5) is 0 Å². The number of aromatic nitrogens is 4. The quantitative estimate of drug-likeness (QED) is 0.596. The summed E-state index contributed by atoms with van der Waals surface area (Å²) in [6, 6.07) is 19.3. The number of benzene rings is 1. The predicted octanol–water partition coefficient (Wildman–Crippen LogP) is 3.07. The number of rotatable bonds is 5. The summed E-state index contributed by atoms with van der Waals surface area (Å²) in [5.74, 6) is -0.195. The van der Waals surface area contributed by atoms with Crippen LogP contribution in [0.5, 0.6) is 0 Å². The average molecular weight is 357 g/mol. The molecule has 3 aromatic heterocycles. The van der Waals surface area contributed by atoms with Gasteiger partial charge >= 0.3 is 0 Å². The van der Waals surface area contributed by atoms with Gasteiger partial charge in [-0.1, -0.05) is 36.4 Å². The third-order valence-electron chi connectivity index (χ3n) is 4.30. The first-order valence-corrected chi connectivity index (χ1v) is 8.82. The maximum absolute atomic E-state index is 12.5. The van der Waals surface area contributed by atoms with Crippen molar-refractivity contribution in [3.05, 3.63) is 83.9 Å². The Balaban J connectivity index is 1.52. The molecule has 1 amide bonds. The van der Waals surface area contributed by atoms with Crippen molar-refractivity contribution in [1.82, 2.24) is 24.9 Å². The van der Waals surface area contributed by atoms with Crippen LogP contribution in [-0.2, 0) is 6.42 Å². The molecule has 0 unspecified atom stereocenters. The molecule has 1 aromatic carbocycles. The minimum Gasteiger partial charge on any atom is -0.350 e. The average Bonchev–Trinajstić information content (AvgIpc) is 3.14. The highest BCUT2D eigenvalue weighted by Crippen LogP contribution is 2.19. The summed E-state index contributed by atoms with van der Waals surface area (Å²) in [6.07, 6.45) is 2.43. The highest BCUT2D eigenvalue weighted by molar-refractivity contribution is 5.92. The van der Waals surface area contributed by atoms with Gasteiger partial charge in [0.1, 0.15) is 5.69 Å². The summed E-state index contributed by atoms with van der Waals surface area (Å²) in [4.78, 5) is 21.2. The van der Waals surface area contributed by atoms with Crippen molar-refractivity contribution in [2.75, 3.05) is 6.54 Å². The van der Waals surface area contributed by atoms with Crippen molar-refractivity contribution >= 4 is 11.6 Å². The van der Waals surface area contributed by atoms with Crippen LogP contribution < -0.4 is 5.32 Å². The second-order valence-corrected chi connectivity index (χ2v) is 6.28. The molecule has 0 aliphatic carbocycles. The first-order valence-electron chi connectivity index (χ1n) is 8.82. The summed E-state index contributed by atoms with van der Waals surface area (Å²) in [5.41, 5.74) is 4.70.